The molecule has 3 aromatic rings. The lowest BCUT2D eigenvalue weighted by Crippen LogP contribution is -2.47. The van der Waals surface area contributed by atoms with Crippen LogP contribution < -0.4 is 5.32 Å². The van der Waals surface area contributed by atoms with Gasteiger partial charge in [-0.2, -0.15) is 0 Å². The molecule has 4 rings (SSSR count). The maximum atomic E-state index is 5.04. The molecular weight excluding hydrogens is 318 g/mol. The molecular formula is C23H25N3. The van der Waals surface area contributed by atoms with E-state index < -0.39 is 0 Å². The summed E-state index contributed by atoms with van der Waals surface area (Å²) in [5, 5.41) is 6.05. The van der Waals surface area contributed by atoms with Crippen molar-refractivity contribution in [2.24, 2.45) is 4.99 Å². The fraction of sp³-hybridized carbons (Fsp3) is 0.261. The first-order chi connectivity index (χ1) is 12.8. The van der Waals surface area contributed by atoms with E-state index in [0.717, 1.165) is 44.1 Å². The summed E-state index contributed by atoms with van der Waals surface area (Å²) < 4.78 is 0. The first-order valence-corrected chi connectivity index (χ1v) is 9.36. The highest BCUT2D eigenvalue weighted by atomic mass is 15.2. The second-order valence-electron chi connectivity index (χ2n) is 6.92. The minimum Gasteiger partial charge on any atom is -0.357 e. The van der Waals surface area contributed by atoms with Gasteiger partial charge in [0.25, 0.3) is 0 Å². The predicted molar refractivity (Wildman–Crippen MR) is 110 cm³/mol. The van der Waals surface area contributed by atoms with Gasteiger partial charge in [0.15, 0.2) is 0 Å². The number of hydrogen-bond acceptors (Lipinski definition) is 2. The number of nitrogens with one attached hydrogen (secondary N) is 1. The zero-order chi connectivity index (χ0) is 17.8. The van der Waals surface area contributed by atoms with Gasteiger partial charge in [0.1, 0.15) is 5.84 Å². The van der Waals surface area contributed by atoms with Gasteiger partial charge in [0, 0.05) is 32.6 Å². The Bertz CT molecular complexity index is 901. The zero-order valence-electron chi connectivity index (χ0n) is 15.3. The Hall–Kier alpha value is -2.65. The van der Waals surface area contributed by atoms with E-state index >= 15 is 0 Å². The van der Waals surface area contributed by atoms with Crippen LogP contribution in [0.25, 0.3) is 10.8 Å². The van der Waals surface area contributed by atoms with Gasteiger partial charge in [-0.3, -0.25) is 0 Å². The van der Waals surface area contributed by atoms with Gasteiger partial charge in [-0.1, -0.05) is 60.2 Å². The molecule has 1 saturated heterocycles. The minimum absolute atomic E-state index is 0.856. The molecule has 132 valence electrons. The predicted octanol–water partition coefficient (Wildman–Crippen LogP) is 4.33. The van der Waals surface area contributed by atoms with Crippen molar-refractivity contribution in [2.75, 3.05) is 26.2 Å². The van der Waals surface area contributed by atoms with Crippen LogP contribution in [0.4, 0.5) is 5.69 Å². The Morgan fingerprint density at radius 1 is 0.923 bits per heavy atom. The first kappa shape index (κ1) is 16.8. The fourth-order valence-corrected chi connectivity index (χ4v) is 3.53. The standard InChI is InChI=1S/C23H25N3/c1-18-9-11-21(12-10-18)25-23(26-15-13-24-14-16-26)17-20-7-4-6-19-5-2-3-8-22(19)20/h2-12,24H,13-17H2,1H3. The van der Waals surface area contributed by atoms with E-state index in [2.05, 4.69) is 83.9 Å². The summed E-state index contributed by atoms with van der Waals surface area (Å²) >= 11 is 0. The van der Waals surface area contributed by atoms with Crippen LogP contribution in [-0.2, 0) is 6.42 Å². The average Bonchev–Trinajstić information content (AvgIpc) is 2.70. The molecule has 0 atom stereocenters. The van der Waals surface area contributed by atoms with Crippen LogP contribution in [0.15, 0.2) is 71.7 Å². The Morgan fingerprint density at radius 3 is 2.46 bits per heavy atom. The summed E-state index contributed by atoms with van der Waals surface area (Å²) in [7, 11) is 0. The molecule has 0 aliphatic carbocycles. The van der Waals surface area contributed by atoms with Crippen LogP contribution in [0.1, 0.15) is 11.1 Å². The summed E-state index contributed by atoms with van der Waals surface area (Å²) in [5.74, 6) is 1.16. The van der Waals surface area contributed by atoms with E-state index in [1.54, 1.807) is 0 Å². The molecule has 1 N–H and O–H groups in total. The van der Waals surface area contributed by atoms with E-state index in [1.807, 2.05) is 0 Å². The monoisotopic (exact) mass is 343 g/mol. The summed E-state index contributed by atoms with van der Waals surface area (Å²) in [6, 6.07) is 23.7. The van der Waals surface area contributed by atoms with E-state index in [9.17, 15) is 0 Å². The highest BCUT2D eigenvalue weighted by molar-refractivity contribution is 5.93. The van der Waals surface area contributed by atoms with Gasteiger partial charge < -0.3 is 10.2 Å². The number of aliphatic imine (C=N–C) groups is 1. The van der Waals surface area contributed by atoms with Crippen molar-refractivity contribution >= 4 is 22.3 Å². The lowest BCUT2D eigenvalue weighted by molar-refractivity contribution is 0.353. The number of nitrogens with zero attached hydrogens (tertiary/aromatic N) is 2. The molecule has 3 nitrogen and oxygen atoms in total. The van der Waals surface area contributed by atoms with Crippen LogP contribution >= 0.6 is 0 Å². The molecule has 0 spiro atoms. The smallest absolute Gasteiger partial charge is 0.109 e. The molecule has 1 aliphatic heterocycles. The third kappa shape index (κ3) is 3.78. The Labute approximate surface area is 155 Å². The van der Waals surface area contributed by atoms with Gasteiger partial charge in [0.05, 0.1) is 5.69 Å². The number of piperazine rings is 1. The van der Waals surface area contributed by atoms with Crippen molar-refractivity contribution in [2.45, 2.75) is 13.3 Å². The number of benzene rings is 3. The van der Waals surface area contributed by atoms with Crippen LogP contribution in [0.2, 0.25) is 0 Å². The van der Waals surface area contributed by atoms with Crippen molar-refractivity contribution in [3.8, 4) is 0 Å². The van der Waals surface area contributed by atoms with Crippen molar-refractivity contribution in [3.63, 3.8) is 0 Å². The lowest BCUT2D eigenvalue weighted by Gasteiger charge is -2.31. The SMILES string of the molecule is Cc1ccc(N=C(Cc2cccc3ccccc23)N2CCNCC2)cc1. The lowest BCUT2D eigenvalue weighted by atomic mass is 10.0. The van der Waals surface area contributed by atoms with E-state index in [1.165, 1.54) is 21.9 Å². The van der Waals surface area contributed by atoms with Gasteiger partial charge in [-0.15, -0.1) is 0 Å². The molecule has 26 heavy (non-hydrogen) atoms. The van der Waals surface area contributed by atoms with Crippen molar-refractivity contribution in [1.82, 2.24) is 10.2 Å². The fourth-order valence-electron chi connectivity index (χ4n) is 3.53. The number of aryl methyl sites for hydroxylation is 1. The topological polar surface area (TPSA) is 27.6 Å². The average molecular weight is 343 g/mol. The van der Waals surface area contributed by atoms with Gasteiger partial charge in [-0.05, 0) is 35.4 Å². The summed E-state index contributed by atoms with van der Waals surface area (Å²) in [6.07, 6.45) is 0.856. The number of rotatable bonds is 3. The van der Waals surface area contributed by atoms with Gasteiger partial charge >= 0.3 is 0 Å². The highest BCUT2D eigenvalue weighted by Gasteiger charge is 2.16. The molecule has 0 unspecified atom stereocenters. The summed E-state index contributed by atoms with van der Waals surface area (Å²) in [6.45, 7) is 6.16. The highest BCUT2D eigenvalue weighted by Crippen LogP contribution is 2.21. The molecule has 0 aromatic heterocycles. The van der Waals surface area contributed by atoms with E-state index in [4.69, 9.17) is 4.99 Å². The molecule has 0 saturated carbocycles. The molecule has 3 heteroatoms. The van der Waals surface area contributed by atoms with Crippen LogP contribution in [0, 0.1) is 6.92 Å². The number of fused-ring (bicyclic) bond motifs is 1. The molecule has 1 fully saturated rings. The maximum Gasteiger partial charge on any atom is 0.109 e. The Kier molecular flexibility index (Phi) is 4.98. The molecule has 0 amide bonds. The Balaban J connectivity index is 1.71. The first-order valence-electron chi connectivity index (χ1n) is 9.36. The second-order valence-corrected chi connectivity index (χ2v) is 6.92. The van der Waals surface area contributed by atoms with Gasteiger partial charge in [0.2, 0.25) is 0 Å². The van der Waals surface area contributed by atoms with Crippen molar-refractivity contribution in [1.29, 1.82) is 0 Å². The van der Waals surface area contributed by atoms with Crippen LogP contribution in [0.5, 0.6) is 0 Å². The summed E-state index contributed by atoms with van der Waals surface area (Å²) in [4.78, 5) is 7.47. The van der Waals surface area contributed by atoms with E-state index in [0.29, 0.717) is 0 Å². The number of hydrogen-bond donors (Lipinski definition) is 1. The second kappa shape index (κ2) is 7.71. The molecule has 0 bridgehead atoms. The molecule has 3 aromatic carbocycles. The van der Waals surface area contributed by atoms with Crippen LogP contribution in [-0.4, -0.2) is 36.9 Å². The third-order valence-electron chi connectivity index (χ3n) is 5.00. The van der Waals surface area contributed by atoms with Crippen molar-refractivity contribution < 1.29 is 0 Å². The number of amidine groups is 1. The van der Waals surface area contributed by atoms with Gasteiger partial charge in [-0.25, -0.2) is 4.99 Å². The van der Waals surface area contributed by atoms with Crippen molar-refractivity contribution in [3.05, 3.63) is 77.9 Å². The molecule has 0 radical (unpaired) electrons. The third-order valence-corrected chi connectivity index (χ3v) is 5.00. The summed E-state index contributed by atoms with van der Waals surface area (Å²) in [5.41, 5.74) is 3.64. The normalized spacial score (nSPS) is 15.4. The van der Waals surface area contributed by atoms with E-state index in [-0.39, 0.29) is 0 Å². The zero-order valence-corrected chi connectivity index (χ0v) is 15.3. The minimum atomic E-state index is 0.856. The largest absolute Gasteiger partial charge is 0.357 e. The van der Waals surface area contributed by atoms with Crippen LogP contribution in [0.3, 0.4) is 0 Å². The molecule has 1 aliphatic rings. The quantitative estimate of drug-likeness (QED) is 0.566. The molecule has 1 heterocycles. The Morgan fingerprint density at radius 2 is 1.65 bits per heavy atom. The maximum absolute atomic E-state index is 5.04.